The summed E-state index contributed by atoms with van der Waals surface area (Å²) >= 11 is 9.16. The number of halogens is 2. The second-order valence-corrected chi connectivity index (χ2v) is 4.36. The number of para-hydroxylation sites is 1. The van der Waals surface area contributed by atoms with Gasteiger partial charge in [-0.05, 0) is 18.6 Å². The highest BCUT2D eigenvalue weighted by Gasteiger charge is 2.13. The van der Waals surface area contributed by atoms with Crippen LogP contribution in [0.25, 0.3) is 0 Å². The zero-order valence-electron chi connectivity index (χ0n) is 7.76. The highest BCUT2D eigenvalue weighted by Crippen LogP contribution is 2.21. The van der Waals surface area contributed by atoms with E-state index in [1.807, 2.05) is 19.1 Å². The van der Waals surface area contributed by atoms with Crippen LogP contribution in [-0.4, -0.2) is 10.7 Å². The molecule has 0 saturated heterocycles. The molecular weight excluding hydrogens is 265 g/mol. The van der Waals surface area contributed by atoms with Gasteiger partial charge in [-0.3, -0.25) is 4.79 Å². The maximum atomic E-state index is 11.5. The SMILES string of the molecule is CC[C@H](Br)C(=O)Nc1ccccc1Cl. The van der Waals surface area contributed by atoms with Gasteiger partial charge in [-0.25, -0.2) is 0 Å². The fourth-order valence-corrected chi connectivity index (χ4v) is 1.26. The Hall–Kier alpha value is -0.540. The average Bonchev–Trinajstić information content (AvgIpc) is 2.20. The highest BCUT2D eigenvalue weighted by atomic mass is 79.9. The third kappa shape index (κ3) is 3.00. The van der Waals surface area contributed by atoms with E-state index < -0.39 is 0 Å². The van der Waals surface area contributed by atoms with Gasteiger partial charge in [-0.15, -0.1) is 0 Å². The lowest BCUT2D eigenvalue weighted by Crippen LogP contribution is -2.22. The predicted molar refractivity (Wildman–Crippen MR) is 63.1 cm³/mol. The molecule has 1 atom stereocenters. The van der Waals surface area contributed by atoms with E-state index in [4.69, 9.17) is 11.6 Å². The van der Waals surface area contributed by atoms with Gasteiger partial charge >= 0.3 is 0 Å². The number of nitrogens with one attached hydrogen (secondary N) is 1. The summed E-state index contributed by atoms with van der Waals surface area (Å²) in [5, 5.41) is 3.30. The van der Waals surface area contributed by atoms with Crippen LogP contribution in [-0.2, 0) is 4.79 Å². The number of hydrogen-bond acceptors (Lipinski definition) is 1. The van der Waals surface area contributed by atoms with Gasteiger partial charge in [0, 0.05) is 0 Å². The Morgan fingerprint density at radius 1 is 1.57 bits per heavy atom. The van der Waals surface area contributed by atoms with Crippen molar-refractivity contribution in [2.24, 2.45) is 0 Å². The zero-order valence-corrected chi connectivity index (χ0v) is 10.1. The van der Waals surface area contributed by atoms with Crippen molar-refractivity contribution in [2.75, 3.05) is 5.32 Å². The number of alkyl halides is 1. The van der Waals surface area contributed by atoms with Crippen molar-refractivity contribution in [3.63, 3.8) is 0 Å². The lowest BCUT2D eigenvalue weighted by atomic mass is 10.3. The molecule has 1 N–H and O–H groups in total. The van der Waals surface area contributed by atoms with Crippen molar-refractivity contribution in [2.45, 2.75) is 18.2 Å². The first-order chi connectivity index (χ1) is 6.65. The zero-order chi connectivity index (χ0) is 10.6. The number of amides is 1. The molecule has 0 saturated carbocycles. The van der Waals surface area contributed by atoms with Gasteiger partial charge in [0.2, 0.25) is 5.91 Å². The molecule has 0 aliphatic carbocycles. The van der Waals surface area contributed by atoms with Crippen LogP contribution in [0.3, 0.4) is 0 Å². The summed E-state index contributed by atoms with van der Waals surface area (Å²) in [5.41, 5.74) is 0.650. The van der Waals surface area contributed by atoms with Crippen LogP contribution in [0.5, 0.6) is 0 Å². The molecule has 1 rings (SSSR count). The van der Waals surface area contributed by atoms with Gasteiger partial charge in [0.1, 0.15) is 0 Å². The van der Waals surface area contributed by atoms with E-state index in [2.05, 4.69) is 21.2 Å². The number of carbonyl (C=O) groups is 1. The molecular formula is C10H11BrClNO. The van der Waals surface area contributed by atoms with E-state index in [1.54, 1.807) is 12.1 Å². The Labute approximate surface area is 96.8 Å². The summed E-state index contributed by atoms with van der Waals surface area (Å²) in [6.45, 7) is 1.94. The van der Waals surface area contributed by atoms with Crippen LogP contribution in [0.15, 0.2) is 24.3 Å². The van der Waals surface area contributed by atoms with E-state index in [-0.39, 0.29) is 10.7 Å². The number of rotatable bonds is 3. The average molecular weight is 277 g/mol. The van der Waals surface area contributed by atoms with Crippen LogP contribution in [0, 0.1) is 0 Å². The third-order valence-corrected chi connectivity index (χ3v) is 3.17. The molecule has 1 amide bonds. The molecule has 0 aromatic heterocycles. The van der Waals surface area contributed by atoms with E-state index >= 15 is 0 Å². The topological polar surface area (TPSA) is 29.1 Å². The molecule has 0 bridgehead atoms. The Kier molecular flexibility index (Phi) is 4.42. The van der Waals surface area contributed by atoms with E-state index in [0.717, 1.165) is 6.42 Å². The Balaban J connectivity index is 2.70. The summed E-state index contributed by atoms with van der Waals surface area (Å²) in [4.78, 5) is 11.3. The van der Waals surface area contributed by atoms with Crippen molar-refractivity contribution in [1.82, 2.24) is 0 Å². The molecule has 1 aromatic rings. The molecule has 14 heavy (non-hydrogen) atoms. The quantitative estimate of drug-likeness (QED) is 0.842. The van der Waals surface area contributed by atoms with Crippen LogP contribution in [0.1, 0.15) is 13.3 Å². The summed E-state index contributed by atoms with van der Waals surface area (Å²) in [6.07, 6.45) is 0.746. The van der Waals surface area contributed by atoms with Crippen molar-refractivity contribution in [3.05, 3.63) is 29.3 Å². The molecule has 0 radical (unpaired) electrons. The summed E-state index contributed by atoms with van der Waals surface area (Å²) in [5.74, 6) is -0.0689. The molecule has 1 aromatic carbocycles. The van der Waals surface area contributed by atoms with Gasteiger partial charge in [-0.1, -0.05) is 46.6 Å². The lowest BCUT2D eigenvalue weighted by Gasteiger charge is -2.09. The molecule has 2 nitrogen and oxygen atoms in total. The first-order valence-corrected chi connectivity index (χ1v) is 5.64. The molecule has 0 heterocycles. The second-order valence-electron chi connectivity index (χ2n) is 2.84. The van der Waals surface area contributed by atoms with Gasteiger partial charge in [0.05, 0.1) is 15.5 Å². The Morgan fingerprint density at radius 2 is 2.21 bits per heavy atom. The fraction of sp³-hybridized carbons (Fsp3) is 0.300. The number of benzene rings is 1. The van der Waals surface area contributed by atoms with Gasteiger partial charge in [-0.2, -0.15) is 0 Å². The van der Waals surface area contributed by atoms with Crippen molar-refractivity contribution in [1.29, 1.82) is 0 Å². The van der Waals surface area contributed by atoms with Crippen molar-refractivity contribution >= 4 is 39.1 Å². The molecule has 0 unspecified atom stereocenters. The minimum atomic E-state index is -0.168. The summed E-state index contributed by atoms with van der Waals surface area (Å²) < 4.78 is 0. The van der Waals surface area contributed by atoms with Gasteiger partial charge < -0.3 is 5.32 Å². The minimum Gasteiger partial charge on any atom is -0.324 e. The van der Waals surface area contributed by atoms with Crippen LogP contribution in [0.4, 0.5) is 5.69 Å². The predicted octanol–water partition coefficient (Wildman–Crippen LogP) is 3.45. The molecule has 4 heteroatoms. The first-order valence-electron chi connectivity index (χ1n) is 4.34. The monoisotopic (exact) mass is 275 g/mol. The highest BCUT2D eigenvalue weighted by molar-refractivity contribution is 9.10. The third-order valence-electron chi connectivity index (χ3n) is 1.77. The molecule has 76 valence electrons. The number of anilines is 1. The van der Waals surface area contributed by atoms with E-state index in [1.165, 1.54) is 0 Å². The van der Waals surface area contributed by atoms with E-state index in [0.29, 0.717) is 10.7 Å². The largest absolute Gasteiger partial charge is 0.324 e. The second kappa shape index (κ2) is 5.37. The van der Waals surface area contributed by atoms with Crippen molar-refractivity contribution in [3.8, 4) is 0 Å². The fourth-order valence-electron chi connectivity index (χ4n) is 0.959. The number of carbonyl (C=O) groups excluding carboxylic acids is 1. The summed E-state index contributed by atoms with van der Waals surface area (Å²) in [6, 6.07) is 7.17. The van der Waals surface area contributed by atoms with Gasteiger partial charge in [0.25, 0.3) is 0 Å². The van der Waals surface area contributed by atoms with Crippen molar-refractivity contribution < 1.29 is 4.79 Å². The molecule has 0 aliphatic heterocycles. The minimum absolute atomic E-state index is 0.0689. The molecule has 0 aliphatic rings. The van der Waals surface area contributed by atoms with Crippen LogP contribution >= 0.6 is 27.5 Å². The Bertz CT molecular complexity index is 330. The number of hydrogen-bond donors (Lipinski definition) is 1. The van der Waals surface area contributed by atoms with Gasteiger partial charge in [0.15, 0.2) is 0 Å². The lowest BCUT2D eigenvalue weighted by molar-refractivity contribution is -0.115. The standard InChI is InChI=1S/C10H11BrClNO/c1-2-7(11)10(14)13-9-6-4-3-5-8(9)12/h3-7H,2H2,1H3,(H,13,14)/t7-/m0/s1. The smallest absolute Gasteiger partial charge is 0.238 e. The van der Waals surface area contributed by atoms with Crippen LogP contribution in [0.2, 0.25) is 5.02 Å². The molecule has 0 fully saturated rings. The maximum absolute atomic E-state index is 11.5. The Morgan fingerprint density at radius 3 is 2.79 bits per heavy atom. The summed E-state index contributed by atoms with van der Waals surface area (Å²) in [7, 11) is 0. The normalized spacial score (nSPS) is 12.2. The maximum Gasteiger partial charge on any atom is 0.238 e. The van der Waals surface area contributed by atoms with Crippen LogP contribution < -0.4 is 5.32 Å². The van der Waals surface area contributed by atoms with E-state index in [9.17, 15) is 4.79 Å². The first kappa shape index (κ1) is 11.5. The molecule has 0 spiro atoms.